The molecular weight excluding hydrogens is 298 g/mol. The van der Waals surface area contributed by atoms with Crippen molar-refractivity contribution in [2.24, 2.45) is 0 Å². The van der Waals surface area contributed by atoms with Gasteiger partial charge in [0.1, 0.15) is 0 Å². The van der Waals surface area contributed by atoms with Gasteiger partial charge in [0.15, 0.2) is 6.68 Å². The molecule has 5 heteroatoms. The second-order valence-corrected chi connectivity index (χ2v) is 1.70. The molecule has 0 fully saturated rings. The molecule has 0 unspecified atom stereocenters. The summed E-state index contributed by atoms with van der Waals surface area (Å²) in [6, 6.07) is 9.87. The minimum Gasteiger partial charge on any atom is -0.385 e. The molecule has 0 radical (unpaired) electrons. The van der Waals surface area contributed by atoms with Crippen LogP contribution in [0.4, 0.5) is 13.2 Å². The fourth-order valence-corrected chi connectivity index (χ4v) is 0.478. The molecule has 1 aromatic carbocycles. The largest absolute Gasteiger partial charge is 2.00 e. The van der Waals surface area contributed by atoms with E-state index in [2.05, 4.69) is 6.92 Å². The van der Waals surface area contributed by atoms with Crippen molar-refractivity contribution < 1.29 is 32.6 Å². The zero-order chi connectivity index (χ0) is 8.69. The molecule has 0 aromatic heterocycles. The van der Waals surface area contributed by atoms with Gasteiger partial charge in [0, 0.05) is 0 Å². The van der Waals surface area contributed by atoms with Crippen molar-refractivity contribution in [3.8, 4) is 0 Å². The summed E-state index contributed by atoms with van der Waals surface area (Å²) in [5.74, 6) is 0. The van der Waals surface area contributed by atoms with E-state index in [4.69, 9.17) is 0 Å². The van der Waals surface area contributed by atoms with E-state index in [0.29, 0.717) is 0 Å². The molecule has 0 nitrogen and oxygen atoms in total. The summed E-state index contributed by atoms with van der Waals surface area (Å²) in [5.41, 5.74) is 1.07. The minimum atomic E-state index is -3.08. The quantitative estimate of drug-likeness (QED) is 0.505. The van der Waals surface area contributed by atoms with E-state index < -0.39 is 6.68 Å². The van der Waals surface area contributed by atoms with E-state index in [1.165, 1.54) is 0 Å². The Hall–Kier alpha value is -0.0166. The van der Waals surface area contributed by atoms with Crippen LogP contribution in [0, 0.1) is 13.6 Å². The van der Waals surface area contributed by atoms with Crippen LogP contribution in [0.5, 0.6) is 0 Å². The SMILES string of the molecule is Br.F[C-](F)F.[CH2-]c1ccccc1.[Zn+2]. The van der Waals surface area contributed by atoms with Crippen LogP contribution in [0.25, 0.3) is 0 Å². The van der Waals surface area contributed by atoms with Gasteiger partial charge in [0.25, 0.3) is 0 Å². The smallest absolute Gasteiger partial charge is 0.385 e. The Labute approximate surface area is 99.1 Å². The van der Waals surface area contributed by atoms with E-state index in [0.717, 1.165) is 5.56 Å². The van der Waals surface area contributed by atoms with E-state index in [1.54, 1.807) is 0 Å². The summed E-state index contributed by atoms with van der Waals surface area (Å²) >= 11 is 0. The number of hydrogen-bond donors (Lipinski definition) is 0. The van der Waals surface area contributed by atoms with E-state index in [9.17, 15) is 13.2 Å². The summed E-state index contributed by atoms with van der Waals surface area (Å²) < 4.78 is 28.8. The third-order valence-electron chi connectivity index (χ3n) is 0.843. The van der Waals surface area contributed by atoms with Crippen LogP contribution >= 0.6 is 17.0 Å². The van der Waals surface area contributed by atoms with Gasteiger partial charge in [-0.05, 0) is 0 Å². The fourth-order valence-electron chi connectivity index (χ4n) is 0.478. The first kappa shape index (κ1) is 18.7. The Kier molecular flexibility index (Phi) is 17.2. The average Bonchev–Trinajstić information content (AvgIpc) is 1.87. The van der Waals surface area contributed by atoms with Crippen molar-refractivity contribution >= 4 is 17.0 Å². The molecule has 70 valence electrons. The molecule has 0 spiro atoms. The van der Waals surface area contributed by atoms with Crippen LogP contribution in [-0.2, 0) is 19.5 Å². The van der Waals surface area contributed by atoms with Gasteiger partial charge in [0.05, 0.1) is 0 Å². The zero-order valence-electron chi connectivity index (χ0n) is 6.84. The van der Waals surface area contributed by atoms with Gasteiger partial charge in [-0.3, -0.25) is 0 Å². The molecule has 0 amide bonds. The molecule has 0 N–H and O–H groups in total. The molecule has 0 saturated carbocycles. The van der Waals surface area contributed by atoms with Crippen LogP contribution < -0.4 is 0 Å². The maximum Gasteiger partial charge on any atom is 2.00 e. The molecule has 0 bridgehead atoms. The van der Waals surface area contributed by atoms with Gasteiger partial charge in [-0.2, -0.15) is 24.6 Å². The van der Waals surface area contributed by atoms with Crippen LogP contribution in [0.15, 0.2) is 30.3 Å². The molecule has 0 aliphatic heterocycles. The van der Waals surface area contributed by atoms with Gasteiger partial charge < -0.3 is 13.2 Å². The molecule has 0 aliphatic rings. The summed E-state index contributed by atoms with van der Waals surface area (Å²) in [7, 11) is 0. The molecule has 13 heavy (non-hydrogen) atoms. The van der Waals surface area contributed by atoms with E-state index in [1.807, 2.05) is 30.3 Å². The topological polar surface area (TPSA) is 0 Å². The number of hydrogen-bond acceptors (Lipinski definition) is 0. The van der Waals surface area contributed by atoms with Gasteiger partial charge >= 0.3 is 19.5 Å². The van der Waals surface area contributed by atoms with E-state index in [-0.39, 0.29) is 36.5 Å². The number of rotatable bonds is 0. The fraction of sp³-hybridized carbons (Fsp3) is 0. The van der Waals surface area contributed by atoms with Crippen molar-refractivity contribution in [2.75, 3.05) is 0 Å². The third-order valence-corrected chi connectivity index (χ3v) is 0.843. The first-order valence-electron chi connectivity index (χ1n) is 2.83. The predicted molar refractivity (Wildman–Crippen MR) is 47.8 cm³/mol. The third kappa shape index (κ3) is 18.7. The Morgan fingerprint density at radius 1 is 1.00 bits per heavy atom. The second kappa shape index (κ2) is 12.0. The average molecular weight is 306 g/mol. The van der Waals surface area contributed by atoms with E-state index >= 15 is 0 Å². The standard InChI is InChI=1S/C7H7.CF3.BrH.Zn/c1-7-5-3-2-4-6-7;2-1(3)4;;/h2-6H,1H2;;1H;/q2*-1;;+2. The van der Waals surface area contributed by atoms with Crippen LogP contribution in [0.3, 0.4) is 0 Å². The number of halogens is 4. The van der Waals surface area contributed by atoms with Crippen molar-refractivity contribution in [1.29, 1.82) is 0 Å². The van der Waals surface area contributed by atoms with Crippen molar-refractivity contribution in [2.45, 2.75) is 0 Å². The number of benzene rings is 1. The first-order valence-corrected chi connectivity index (χ1v) is 2.83. The molecule has 0 atom stereocenters. The predicted octanol–water partition coefficient (Wildman–Crippen LogP) is 3.79. The maximum absolute atomic E-state index is 9.58. The summed E-state index contributed by atoms with van der Waals surface area (Å²) in [6.07, 6.45) is 0. The first-order chi connectivity index (χ1) is 5.13. The Bertz CT molecular complexity index is 179. The monoisotopic (exact) mass is 304 g/mol. The molecule has 0 saturated heterocycles. The second-order valence-electron chi connectivity index (χ2n) is 1.70. The van der Waals surface area contributed by atoms with Crippen molar-refractivity contribution in [1.82, 2.24) is 0 Å². The maximum atomic E-state index is 9.58. The van der Waals surface area contributed by atoms with Crippen LogP contribution in [-0.4, -0.2) is 0 Å². The zero-order valence-corrected chi connectivity index (χ0v) is 11.5. The van der Waals surface area contributed by atoms with Gasteiger partial charge in [-0.1, -0.05) is 6.07 Å². The Morgan fingerprint density at radius 3 is 1.46 bits per heavy atom. The van der Waals surface area contributed by atoms with Crippen LogP contribution in [0.2, 0.25) is 0 Å². The van der Waals surface area contributed by atoms with Gasteiger partial charge in [0.2, 0.25) is 0 Å². The molecular formula is C8H8BrF3Zn. The van der Waals surface area contributed by atoms with Crippen LogP contribution in [0.1, 0.15) is 5.56 Å². The molecule has 1 aromatic rings. The summed E-state index contributed by atoms with van der Waals surface area (Å²) in [4.78, 5) is 0. The van der Waals surface area contributed by atoms with Crippen molar-refractivity contribution in [3.63, 3.8) is 0 Å². The molecule has 0 aliphatic carbocycles. The Morgan fingerprint density at radius 2 is 1.31 bits per heavy atom. The van der Waals surface area contributed by atoms with Crippen molar-refractivity contribution in [3.05, 3.63) is 49.5 Å². The molecule has 0 heterocycles. The molecule has 1 rings (SSSR count). The summed E-state index contributed by atoms with van der Waals surface area (Å²) in [5, 5.41) is 0. The normalized spacial score (nSPS) is 7.38. The van der Waals surface area contributed by atoms with Gasteiger partial charge in [-0.25, -0.2) is 0 Å². The minimum absolute atomic E-state index is 0. The summed E-state index contributed by atoms with van der Waals surface area (Å²) in [6.45, 7) is 0.637. The van der Waals surface area contributed by atoms with Gasteiger partial charge in [-0.15, -0.1) is 29.1 Å². The Balaban J connectivity index is -0.000000150.